The number of hydrogen-bond donors (Lipinski definition) is 2. The second-order valence-electron chi connectivity index (χ2n) is 8.31. The molecule has 36 heavy (non-hydrogen) atoms. The first-order valence-corrected chi connectivity index (χ1v) is 11.1. The van der Waals surface area contributed by atoms with E-state index >= 15 is 0 Å². The van der Waals surface area contributed by atoms with Crippen LogP contribution in [0.5, 0.6) is 11.5 Å². The second-order valence-corrected chi connectivity index (χ2v) is 8.31. The monoisotopic (exact) mass is 498 g/mol. The Labute approximate surface area is 203 Å². The lowest BCUT2D eigenvalue weighted by Crippen LogP contribution is -2.38. The molecule has 0 aliphatic carbocycles. The van der Waals surface area contributed by atoms with Gasteiger partial charge >= 0.3 is 0 Å². The number of amides is 1. The van der Waals surface area contributed by atoms with Crippen LogP contribution in [-0.2, 0) is 6.54 Å². The molecule has 4 heterocycles. The maximum absolute atomic E-state index is 13.0. The van der Waals surface area contributed by atoms with Crippen LogP contribution in [0, 0.1) is 10.1 Å². The third kappa shape index (κ3) is 4.40. The van der Waals surface area contributed by atoms with Crippen molar-refractivity contribution in [2.45, 2.75) is 38.8 Å². The summed E-state index contributed by atoms with van der Waals surface area (Å²) < 4.78 is 16.4. The van der Waals surface area contributed by atoms with E-state index in [1.165, 1.54) is 16.8 Å². The predicted octanol–water partition coefficient (Wildman–Crippen LogP) is 1.01. The number of fused-ring (bicyclic) bond motifs is 1. The molecule has 0 bridgehead atoms. The van der Waals surface area contributed by atoms with Crippen molar-refractivity contribution in [2.75, 3.05) is 19.1 Å². The molecular weight excluding hydrogens is 476 g/mol. The number of nitrogens with one attached hydrogen (secondary N) is 1. The highest BCUT2D eigenvalue weighted by Gasteiger charge is 2.28. The molecular formula is C20H22N10O6. The molecule has 1 fully saturated rings. The van der Waals surface area contributed by atoms with Crippen molar-refractivity contribution in [2.24, 2.45) is 5.10 Å². The van der Waals surface area contributed by atoms with Gasteiger partial charge in [0.15, 0.2) is 17.2 Å². The summed E-state index contributed by atoms with van der Waals surface area (Å²) in [4.78, 5) is 26.1. The summed E-state index contributed by atoms with van der Waals surface area (Å²) in [6.07, 6.45) is 4.33. The standard InChI is InChI=1S/C20H22N10O6/c1-11-4-2-3-5-28(11)9-14-17(23-27-29(14)19-18(21)25-36-26-19)20(31)24-22-8-12-6-15-16(35-10-34-15)7-13(12)30(32)33/h6-8,11H,2-5,9-10H2,1H3,(H2,21,25)(H,24,31). The van der Waals surface area contributed by atoms with Gasteiger partial charge < -0.3 is 15.2 Å². The molecule has 188 valence electrons. The number of nitro benzene ring substituents is 1. The van der Waals surface area contributed by atoms with Crippen LogP contribution in [0.15, 0.2) is 21.9 Å². The number of ether oxygens (including phenoxy) is 2. The quantitative estimate of drug-likeness (QED) is 0.266. The molecule has 0 spiro atoms. The number of hydrazone groups is 1. The van der Waals surface area contributed by atoms with Crippen LogP contribution in [0.3, 0.4) is 0 Å². The van der Waals surface area contributed by atoms with E-state index in [1.807, 2.05) is 0 Å². The summed E-state index contributed by atoms with van der Waals surface area (Å²) in [5.74, 6) is 0.0370. The zero-order chi connectivity index (χ0) is 25.2. The Morgan fingerprint density at radius 3 is 2.86 bits per heavy atom. The number of piperidine rings is 1. The number of carbonyl (C=O) groups is 1. The summed E-state index contributed by atoms with van der Waals surface area (Å²) in [5, 5.41) is 30.7. The van der Waals surface area contributed by atoms with Gasteiger partial charge in [0.2, 0.25) is 18.4 Å². The Bertz CT molecular complexity index is 1330. The second kappa shape index (κ2) is 9.57. The van der Waals surface area contributed by atoms with Gasteiger partial charge in [-0.25, -0.2) is 10.1 Å². The SMILES string of the molecule is CC1CCCCN1Cc1c(C(=O)NN=Cc2cc3c(cc2[N+](=O)[O-])OCO3)nnn1-c1nonc1N. The van der Waals surface area contributed by atoms with E-state index in [0.717, 1.165) is 32.0 Å². The van der Waals surface area contributed by atoms with Crippen LogP contribution >= 0.6 is 0 Å². The predicted molar refractivity (Wildman–Crippen MR) is 122 cm³/mol. The summed E-state index contributed by atoms with van der Waals surface area (Å²) in [6, 6.07) is 2.94. The molecule has 1 saturated heterocycles. The van der Waals surface area contributed by atoms with E-state index in [-0.39, 0.29) is 47.2 Å². The molecule has 2 aliphatic heterocycles. The van der Waals surface area contributed by atoms with Gasteiger partial charge in [-0.2, -0.15) is 9.78 Å². The number of nitrogens with zero attached hydrogens (tertiary/aromatic N) is 8. The smallest absolute Gasteiger partial charge is 0.293 e. The van der Waals surface area contributed by atoms with E-state index in [4.69, 9.17) is 15.2 Å². The van der Waals surface area contributed by atoms with Gasteiger partial charge in [-0.05, 0) is 42.7 Å². The molecule has 3 aromatic rings. The number of rotatable bonds is 7. The molecule has 3 N–H and O–H groups in total. The van der Waals surface area contributed by atoms with Crippen molar-refractivity contribution in [1.29, 1.82) is 0 Å². The first-order chi connectivity index (χ1) is 17.4. The van der Waals surface area contributed by atoms with Crippen LogP contribution in [-0.4, -0.2) is 66.6 Å². The number of likely N-dealkylation sites (tertiary alicyclic amines) is 1. The molecule has 1 amide bonds. The fourth-order valence-corrected chi connectivity index (χ4v) is 4.13. The fraction of sp³-hybridized carbons (Fsp3) is 0.400. The topological polar surface area (TPSA) is 202 Å². The van der Waals surface area contributed by atoms with Crippen LogP contribution in [0.25, 0.3) is 5.82 Å². The molecule has 1 atom stereocenters. The fourth-order valence-electron chi connectivity index (χ4n) is 4.13. The van der Waals surface area contributed by atoms with Crippen LogP contribution in [0.2, 0.25) is 0 Å². The number of anilines is 1. The minimum Gasteiger partial charge on any atom is -0.454 e. The van der Waals surface area contributed by atoms with Gasteiger partial charge in [0.25, 0.3) is 11.6 Å². The maximum atomic E-state index is 13.0. The van der Waals surface area contributed by atoms with Crippen molar-refractivity contribution < 1.29 is 23.8 Å². The third-order valence-corrected chi connectivity index (χ3v) is 6.06. The largest absolute Gasteiger partial charge is 0.454 e. The number of nitrogens with two attached hydrogens (primary N) is 1. The lowest BCUT2D eigenvalue weighted by molar-refractivity contribution is -0.385. The van der Waals surface area contributed by atoms with Crippen molar-refractivity contribution in [3.05, 3.63) is 39.2 Å². The first kappa shape index (κ1) is 23.2. The lowest BCUT2D eigenvalue weighted by atomic mass is 10.0. The van der Waals surface area contributed by atoms with E-state index in [1.54, 1.807) is 0 Å². The van der Waals surface area contributed by atoms with Gasteiger partial charge in [0.05, 0.1) is 28.5 Å². The van der Waals surface area contributed by atoms with Gasteiger partial charge in [0, 0.05) is 12.6 Å². The third-order valence-electron chi connectivity index (χ3n) is 6.06. The Kier molecular flexibility index (Phi) is 6.16. The van der Waals surface area contributed by atoms with Gasteiger partial charge in [-0.15, -0.1) is 5.10 Å². The summed E-state index contributed by atoms with van der Waals surface area (Å²) in [5.41, 5.74) is 8.48. The number of nitrogen functional groups attached to an aromatic ring is 1. The number of carbonyl (C=O) groups excluding carboxylic acids is 1. The Hall–Kier alpha value is -4.60. The van der Waals surface area contributed by atoms with E-state index < -0.39 is 10.8 Å². The van der Waals surface area contributed by atoms with E-state index in [0.29, 0.717) is 18.0 Å². The summed E-state index contributed by atoms with van der Waals surface area (Å²) in [7, 11) is 0. The minimum atomic E-state index is -0.671. The average molecular weight is 498 g/mol. The highest BCUT2D eigenvalue weighted by molar-refractivity contribution is 5.94. The summed E-state index contributed by atoms with van der Waals surface area (Å²) in [6.45, 7) is 3.26. The molecule has 16 nitrogen and oxygen atoms in total. The maximum Gasteiger partial charge on any atom is 0.293 e. The molecule has 2 aromatic heterocycles. The highest BCUT2D eigenvalue weighted by Crippen LogP contribution is 2.37. The molecule has 1 aromatic carbocycles. The van der Waals surface area contributed by atoms with Gasteiger partial charge in [0.1, 0.15) is 0 Å². The zero-order valence-electron chi connectivity index (χ0n) is 19.2. The van der Waals surface area contributed by atoms with Crippen LogP contribution < -0.4 is 20.6 Å². The van der Waals surface area contributed by atoms with Crippen molar-refractivity contribution >= 4 is 23.6 Å². The molecule has 5 rings (SSSR count). The van der Waals surface area contributed by atoms with Crippen molar-refractivity contribution in [3.63, 3.8) is 0 Å². The zero-order valence-corrected chi connectivity index (χ0v) is 19.2. The molecule has 0 saturated carbocycles. The van der Waals surface area contributed by atoms with Gasteiger partial charge in [-0.3, -0.25) is 19.8 Å². The van der Waals surface area contributed by atoms with Crippen LogP contribution in [0.4, 0.5) is 11.5 Å². The first-order valence-electron chi connectivity index (χ1n) is 11.1. The van der Waals surface area contributed by atoms with Crippen LogP contribution in [0.1, 0.15) is 47.9 Å². The highest BCUT2D eigenvalue weighted by atomic mass is 16.7. The number of nitro groups is 1. The Balaban J connectivity index is 1.41. The molecule has 2 aliphatic rings. The normalized spacial score (nSPS) is 17.5. The van der Waals surface area contributed by atoms with E-state index in [9.17, 15) is 14.9 Å². The average Bonchev–Trinajstić information content (AvgIpc) is 3.59. The van der Waals surface area contributed by atoms with E-state index in [2.05, 4.69) is 47.6 Å². The van der Waals surface area contributed by atoms with Crippen molar-refractivity contribution in [3.8, 4) is 17.3 Å². The van der Waals surface area contributed by atoms with Crippen molar-refractivity contribution in [1.82, 2.24) is 35.6 Å². The number of benzene rings is 1. The van der Waals surface area contributed by atoms with Gasteiger partial charge in [-0.1, -0.05) is 11.6 Å². The summed E-state index contributed by atoms with van der Waals surface area (Å²) >= 11 is 0. The minimum absolute atomic E-state index is 0.00654. The number of hydrogen-bond acceptors (Lipinski definition) is 13. The molecule has 0 radical (unpaired) electrons. The Morgan fingerprint density at radius 1 is 1.33 bits per heavy atom. The molecule has 1 unspecified atom stereocenters. The Morgan fingerprint density at radius 2 is 2.14 bits per heavy atom. The number of aromatic nitrogens is 5. The molecule has 16 heteroatoms. The lowest BCUT2D eigenvalue weighted by Gasteiger charge is -2.33.